The first-order valence-corrected chi connectivity index (χ1v) is 5.95. The summed E-state index contributed by atoms with van der Waals surface area (Å²) in [5.74, 6) is 2.08. The van der Waals surface area contributed by atoms with Gasteiger partial charge in [0.25, 0.3) is 0 Å². The van der Waals surface area contributed by atoms with Crippen LogP contribution in [0.3, 0.4) is 0 Å². The molecule has 2 nitrogen and oxygen atoms in total. The Hall–Kier alpha value is 0.110. The third-order valence-corrected chi connectivity index (χ3v) is 2.51. The van der Waals surface area contributed by atoms with Crippen LogP contribution in [0.5, 0.6) is 0 Å². The van der Waals surface area contributed by atoms with Gasteiger partial charge in [0, 0.05) is 18.8 Å². The quantitative estimate of drug-likeness (QED) is 0.676. The lowest BCUT2D eigenvalue weighted by atomic mass is 10.2. The van der Waals surface area contributed by atoms with Gasteiger partial charge in [-0.15, -0.1) is 11.6 Å². The number of halogens is 1. The van der Waals surface area contributed by atoms with Gasteiger partial charge in [0.15, 0.2) is 0 Å². The highest BCUT2D eigenvalue weighted by Gasteiger charge is 2.03. The Bertz CT molecular complexity index is 132. The normalized spacial score (nSPS) is 12.6. The van der Waals surface area contributed by atoms with E-state index in [-0.39, 0.29) is 5.91 Å². The molecule has 1 unspecified atom stereocenters. The van der Waals surface area contributed by atoms with Gasteiger partial charge < -0.3 is 5.32 Å². The molecule has 0 saturated heterocycles. The maximum absolute atomic E-state index is 10.9. The Labute approximate surface area is 83.4 Å². The van der Waals surface area contributed by atoms with Gasteiger partial charge in [-0.25, -0.2) is 0 Å². The monoisotopic (exact) mass is 209 g/mol. The Balaban J connectivity index is 3.33. The van der Waals surface area contributed by atoms with E-state index in [1.807, 2.05) is 0 Å². The van der Waals surface area contributed by atoms with Crippen molar-refractivity contribution in [3.05, 3.63) is 0 Å². The van der Waals surface area contributed by atoms with Crippen molar-refractivity contribution >= 4 is 29.3 Å². The van der Waals surface area contributed by atoms with Crippen molar-refractivity contribution in [1.82, 2.24) is 5.32 Å². The first kappa shape index (κ1) is 12.1. The highest BCUT2D eigenvalue weighted by molar-refractivity contribution is 7.98. The summed E-state index contributed by atoms with van der Waals surface area (Å²) in [5, 5.41) is 2.83. The lowest BCUT2D eigenvalue weighted by Crippen LogP contribution is -2.29. The highest BCUT2D eigenvalue weighted by atomic mass is 35.5. The molecule has 72 valence electrons. The van der Waals surface area contributed by atoms with Crippen LogP contribution in [0.2, 0.25) is 0 Å². The fourth-order valence-corrected chi connectivity index (χ4v) is 1.66. The smallest absolute Gasteiger partial charge is 0.221 e. The minimum Gasteiger partial charge on any atom is -0.356 e. The van der Waals surface area contributed by atoms with Crippen molar-refractivity contribution in [2.45, 2.75) is 13.3 Å². The molecule has 0 aromatic carbocycles. The summed E-state index contributed by atoms with van der Waals surface area (Å²) >= 11 is 7.21. The van der Waals surface area contributed by atoms with Crippen LogP contribution >= 0.6 is 23.4 Å². The number of rotatable bonds is 6. The number of carbonyl (C=O) groups excluding carboxylic acids is 1. The van der Waals surface area contributed by atoms with Crippen LogP contribution in [-0.4, -0.2) is 30.3 Å². The molecule has 0 aliphatic carbocycles. The second-order valence-electron chi connectivity index (χ2n) is 2.80. The predicted octanol–water partition coefficient (Wildman–Crippen LogP) is 1.73. The van der Waals surface area contributed by atoms with E-state index in [1.54, 1.807) is 11.8 Å². The third kappa shape index (κ3) is 6.80. The Morgan fingerprint density at radius 1 is 1.67 bits per heavy atom. The molecular weight excluding hydrogens is 194 g/mol. The topological polar surface area (TPSA) is 29.1 Å². The van der Waals surface area contributed by atoms with Crippen LogP contribution in [-0.2, 0) is 4.79 Å². The maximum Gasteiger partial charge on any atom is 0.221 e. The minimum atomic E-state index is 0.0537. The number of amides is 1. The number of carbonyl (C=O) groups is 1. The van der Waals surface area contributed by atoms with Gasteiger partial charge in [0.1, 0.15) is 0 Å². The minimum absolute atomic E-state index is 0.0537. The van der Waals surface area contributed by atoms with E-state index in [0.717, 1.165) is 12.3 Å². The SMILES string of the molecule is CSCC(C)CNC(=O)CCCl. The van der Waals surface area contributed by atoms with Crippen molar-refractivity contribution in [2.75, 3.05) is 24.4 Å². The van der Waals surface area contributed by atoms with Crippen LogP contribution in [0.1, 0.15) is 13.3 Å². The number of thioether (sulfide) groups is 1. The zero-order chi connectivity index (χ0) is 9.40. The maximum atomic E-state index is 10.9. The lowest BCUT2D eigenvalue weighted by Gasteiger charge is -2.10. The second-order valence-corrected chi connectivity index (χ2v) is 4.09. The fourth-order valence-electron chi connectivity index (χ4n) is 0.806. The first-order chi connectivity index (χ1) is 5.70. The van der Waals surface area contributed by atoms with E-state index in [9.17, 15) is 4.79 Å². The molecule has 0 rings (SSSR count). The van der Waals surface area contributed by atoms with Crippen LogP contribution in [0.4, 0.5) is 0 Å². The molecule has 0 spiro atoms. The average Bonchev–Trinajstić information content (AvgIpc) is 2.02. The van der Waals surface area contributed by atoms with Crippen LogP contribution in [0, 0.1) is 5.92 Å². The van der Waals surface area contributed by atoms with Gasteiger partial charge in [-0.1, -0.05) is 6.92 Å². The summed E-state index contributed by atoms with van der Waals surface area (Å²) in [6.45, 7) is 2.88. The van der Waals surface area contributed by atoms with Crippen molar-refractivity contribution in [3.8, 4) is 0 Å². The Morgan fingerprint density at radius 2 is 2.33 bits per heavy atom. The molecule has 1 atom stereocenters. The molecule has 0 aromatic rings. The number of alkyl halides is 1. The third-order valence-electron chi connectivity index (χ3n) is 1.42. The van der Waals surface area contributed by atoms with Crippen LogP contribution in [0.25, 0.3) is 0 Å². The molecule has 4 heteroatoms. The van der Waals surface area contributed by atoms with Gasteiger partial charge in [0.2, 0.25) is 5.91 Å². The van der Waals surface area contributed by atoms with E-state index in [2.05, 4.69) is 18.5 Å². The van der Waals surface area contributed by atoms with Gasteiger partial charge in [-0.3, -0.25) is 4.79 Å². The Kier molecular flexibility index (Phi) is 7.81. The number of hydrogen-bond acceptors (Lipinski definition) is 2. The molecule has 0 aliphatic rings. The van der Waals surface area contributed by atoms with Crippen LogP contribution < -0.4 is 5.32 Å². The first-order valence-electron chi connectivity index (χ1n) is 4.02. The van der Waals surface area contributed by atoms with Crippen molar-refractivity contribution in [1.29, 1.82) is 0 Å². The molecule has 0 saturated carbocycles. The summed E-state index contributed by atoms with van der Waals surface area (Å²) < 4.78 is 0. The van der Waals surface area contributed by atoms with E-state index in [0.29, 0.717) is 18.2 Å². The van der Waals surface area contributed by atoms with E-state index in [1.165, 1.54) is 0 Å². The second kappa shape index (κ2) is 7.74. The summed E-state index contributed by atoms with van der Waals surface area (Å²) in [6, 6.07) is 0. The predicted molar refractivity (Wildman–Crippen MR) is 55.9 cm³/mol. The van der Waals surface area contributed by atoms with E-state index in [4.69, 9.17) is 11.6 Å². The van der Waals surface area contributed by atoms with Gasteiger partial charge >= 0.3 is 0 Å². The summed E-state index contributed by atoms with van der Waals surface area (Å²) in [5.41, 5.74) is 0. The zero-order valence-corrected chi connectivity index (χ0v) is 9.17. The molecule has 0 radical (unpaired) electrons. The summed E-state index contributed by atoms with van der Waals surface area (Å²) in [7, 11) is 0. The molecule has 12 heavy (non-hydrogen) atoms. The van der Waals surface area contributed by atoms with Crippen molar-refractivity contribution in [2.24, 2.45) is 5.92 Å². The van der Waals surface area contributed by atoms with E-state index >= 15 is 0 Å². The molecule has 0 bridgehead atoms. The van der Waals surface area contributed by atoms with Crippen molar-refractivity contribution in [3.63, 3.8) is 0 Å². The molecule has 0 heterocycles. The van der Waals surface area contributed by atoms with Gasteiger partial charge in [-0.05, 0) is 17.9 Å². The number of hydrogen-bond donors (Lipinski definition) is 1. The number of nitrogens with one attached hydrogen (secondary N) is 1. The highest BCUT2D eigenvalue weighted by Crippen LogP contribution is 2.02. The van der Waals surface area contributed by atoms with Gasteiger partial charge in [-0.2, -0.15) is 11.8 Å². The molecule has 0 aromatic heterocycles. The zero-order valence-electron chi connectivity index (χ0n) is 7.60. The molecule has 0 fully saturated rings. The van der Waals surface area contributed by atoms with Crippen molar-refractivity contribution < 1.29 is 4.79 Å². The van der Waals surface area contributed by atoms with E-state index < -0.39 is 0 Å². The largest absolute Gasteiger partial charge is 0.356 e. The molecular formula is C8H16ClNOS. The molecule has 1 N–H and O–H groups in total. The van der Waals surface area contributed by atoms with Gasteiger partial charge in [0.05, 0.1) is 0 Å². The lowest BCUT2D eigenvalue weighted by molar-refractivity contribution is -0.120. The fraction of sp³-hybridized carbons (Fsp3) is 0.875. The standard InChI is InChI=1S/C8H16ClNOS/c1-7(6-12-2)5-10-8(11)3-4-9/h7H,3-6H2,1-2H3,(H,10,11). The van der Waals surface area contributed by atoms with Crippen LogP contribution in [0.15, 0.2) is 0 Å². The summed E-state index contributed by atoms with van der Waals surface area (Å²) in [6.07, 6.45) is 2.49. The average molecular weight is 210 g/mol. The molecule has 1 amide bonds. The molecule has 0 aliphatic heterocycles. The summed E-state index contributed by atoms with van der Waals surface area (Å²) in [4.78, 5) is 10.9. The Morgan fingerprint density at radius 3 is 2.83 bits per heavy atom.